The van der Waals surface area contributed by atoms with Crippen molar-refractivity contribution in [2.24, 2.45) is 23.2 Å². The molecule has 1 N–H and O–H groups in total. The van der Waals surface area contributed by atoms with E-state index >= 15 is 0 Å². The summed E-state index contributed by atoms with van der Waals surface area (Å²) < 4.78 is 13.4. The first-order valence-corrected chi connectivity index (χ1v) is 8.01. The maximum Gasteiger partial charge on any atom is 0.123 e. The molecule has 20 heavy (non-hydrogen) atoms. The van der Waals surface area contributed by atoms with E-state index in [1.54, 1.807) is 12.1 Å². The highest BCUT2D eigenvalue weighted by Gasteiger charge is 2.53. The summed E-state index contributed by atoms with van der Waals surface area (Å²) in [7, 11) is 0. The molecule has 0 heterocycles. The Balaban J connectivity index is 1.66. The Bertz CT molecular complexity index is 458. The Kier molecular flexibility index (Phi) is 3.85. The zero-order chi connectivity index (χ0) is 14.2. The summed E-state index contributed by atoms with van der Waals surface area (Å²) in [5.41, 5.74) is 1.54. The Hall–Kier alpha value is -0.890. The van der Waals surface area contributed by atoms with E-state index < -0.39 is 0 Å². The highest BCUT2D eigenvalue weighted by atomic mass is 19.1. The zero-order valence-corrected chi connectivity index (χ0v) is 12.7. The first kappa shape index (κ1) is 14.1. The molecule has 2 atom stereocenters. The topological polar surface area (TPSA) is 12.0 Å². The minimum absolute atomic E-state index is 0.101. The van der Waals surface area contributed by atoms with Gasteiger partial charge in [-0.3, -0.25) is 0 Å². The third-order valence-electron chi connectivity index (χ3n) is 4.98. The van der Waals surface area contributed by atoms with Crippen LogP contribution in [0.1, 0.15) is 38.7 Å². The van der Waals surface area contributed by atoms with Crippen molar-refractivity contribution < 1.29 is 4.39 Å². The van der Waals surface area contributed by atoms with Gasteiger partial charge in [-0.2, -0.15) is 0 Å². The third kappa shape index (κ3) is 3.22. The zero-order valence-electron chi connectivity index (χ0n) is 12.7. The van der Waals surface area contributed by atoms with Crippen molar-refractivity contribution in [3.05, 3.63) is 35.6 Å². The number of benzene rings is 1. The van der Waals surface area contributed by atoms with Crippen LogP contribution in [0.3, 0.4) is 0 Å². The predicted molar refractivity (Wildman–Crippen MR) is 81.1 cm³/mol. The van der Waals surface area contributed by atoms with Crippen LogP contribution in [0, 0.1) is 29.0 Å². The fourth-order valence-corrected chi connectivity index (χ4v) is 4.06. The number of hydrogen-bond acceptors (Lipinski definition) is 1. The molecule has 1 aromatic carbocycles. The molecule has 2 saturated carbocycles. The van der Waals surface area contributed by atoms with Crippen LogP contribution in [0.5, 0.6) is 0 Å². The van der Waals surface area contributed by atoms with Crippen molar-refractivity contribution in [2.75, 3.05) is 13.1 Å². The average molecular weight is 275 g/mol. The number of nitrogens with one attached hydrogen (secondary N) is 1. The molecule has 0 bridgehead atoms. The lowest BCUT2D eigenvalue weighted by Gasteiger charge is -2.32. The summed E-state index contributed by atoms with van der Waals surface area (Å²) in [5.74, 6) is 2.52. The minimum atomic E-state index is -0.101. The summed E-state index contributed by atoms with van der Waals surface area (Å²) in [6, 6.07) is 7.18. The van der Waals surface area contributed by atoms with Crippen molar-refractivity contribution in [2.45, 2.75) is 39.5 Å². The molecule has 3 rings (SSSR count). The van der Waals surface area contributed by atoms with E-state index in [0.29, 0.717) is 11.3 Å². The Morgan fingerprint density at radius 1 is 1.30 bits per heavy atom. The number of hydrogen-bond donors (Lipinski definition) is 1. The molecule has 0 saturated heterocycles. The molecule has 2 fully saturated rings. The van der Waals surface area contributed by atoms with Crippen LogP contribution in [0.4, 0.5) is 4.39 Å². The van der Waals surface area contributed by atoms with Gasteiger partial charge in [0.05, 0.1) is 0 Å². The van der Waals surface area contributed by atoms with Gasteiger partial charge in [0, 0.05) is 6.54 Å². The van der Waals surface area contributed by atoms with E-state index in [9.17, 15) is 4.39 Å². The van der Waals surface area contributed by atoms with Crippen LogP contribution in [-0.2, 0) is 6.42 Å². The third-order valence-corrected chi connectivity index (χ3v) is 4.98. The van der Waals surface area contributed by atoms with Crippen molar-refractivity contribution in [3.8, 4) is 0 Å². The lowest BCUT2D eigenvalue weighted by Crippen LogP contribution is -2.36. The van der Waals surface area contributed by atoms with Crippen LogP contribution in [-0.4, -0.2) is 13.1 Å². The van der Waals surface area contributed by atoms with Gasteiger partial charge in [0.1, 0.15) is 5.82 Å². The van der Waals surface area contributed by atoms with E-state index in [4.69, 9.17) is 0 Å². The van der Waals surface area contributed by atoms with Crippen molar-refractivity contribution in [3.63, 3.8) is 0 Å². The summed E-state index contributed by atoms with van der Waals surface area (Å²) in [6.45, 7) is 6.67. The minimum Gasteiger partial charge on any atom is -0.316 e. The van der Waals surface area contributed by atoms with Crippen LogP contribution >= 0.6 is 0 Å². The maximum absolute atomic E-state index is 13.4. The van der Waals surface area contributed by atoms with Crippen LogP contribution in [0.15, 0.2) is 24.3 Å². The van der Waals surface area contributed by atoms with Gasteiger partial charge in [0.2, 0.25) is 0 Å². The Morgan fingerprint density at radius 2 is 2.05 bits per heavy atom. The molecule has 2 aliphatic rings. The highest BCUT2D eigenvalue weighted by Crippen LogP contribution is 2.60. The SMILES string of the molecule is CC(C)CNCC1(Cc2cccc(F)c2)CC2CC2C1. The van der Waals surface area contributed by atoms with E-state index in [1.165, 1.54) is 19.3 Å². The fourth-order valence-electron chi connectivity index (χ4n) is 4.06. The Labute approximate surface area is 122 Å². The molecule has 1 aromatic rings. The number of fused-ring (bicyclic) bond motifs is 1. The van der Waals surface area contributed by atoms with Gasteiger partial charge in [-0.15, -0.1) is 0 Å². The van der Waals surface area contributed by atoms with Gasteiger partial charge >= 0.3 is 0 Å². The molecule has 2 aliphatic carbocycles. The first-order chi connectivity index (χ1) is 9.56. The molecule has 110 valence electrons. The number of rotatable bonds is 6. The average Bonchev–Trinajstić information content (AvgIpc) is 2.97. The quantitative estimate of drug-likeness (QED) is 0.826. The standard InChI is InChI=1S/C18H26FN/c1-13(2)11-20-12-18(9-15-7-16(15)10-18)8-14-4-3-5-17(19)6-14/h3-6,13,15-16,20H,7-12H2,1-2H3. The van der Waals surface area contributed by atoms with Gasteiger partial charge in [-0.05, 0) is 73.1 Å². The monoisotopic (exact) mass is 275 g/mol. The predicted octanol–water partition coefficient (Wildman–Crippen LogP) is 4.03. The molecule has 0 spiro atoms. The molecule has 0 aliphatic heterocycles. The first-order valence-electron chi connectivity index (χ1n) is 8.01. The Morgan fingerprint density at radius 3 is 2.70 bits per heavy atom. The van der Waals surface area contributed by atoms with E-state index in [-0.39, 0.29) is 5.82 Å². The van der Waals surface area contributed by atoms with Gasteiger partial charge in [-0.25, -0.2) is 4.39 Å². The molecule has 1 nitrogen and oxygen atoms in total. The molecule has 0 aromatic heterocycles. The highest BCUT2D eigenvalue weighted by molar-refractivity contribution is 5.20. The number of halogens is 1. The lowest BCUT2D eigenvalue weighted by atomic mass is 9.77. The second-order valence-electron chi connectivity index (χ2n) is 7.50. The van der Waals surface area contributed by atoms with Crippen molar-refractivity contribution in [1.29, 1.82) is 0 Å². The molecule has 0 radical (unpaired) electrons. The van der Waals surface area contributed by atoms with Crippen LogP contribution in [0.25, 0.3) is 0 Å². The molecule has 2 heteroatoms. The maximum atomic E-state index is 13.4. The van der Waals surface area contributed by atoms with Crippen molar-refractivity contribution in [1.82, 2.24) is 5.32 Å². The second kappa shape index (κ2) is 5.48. The van der Waals surface area contributed by atoms with Gasteiger partial charge < -0.3 is 5.32 Å². The fraction of sp³-hybridized carbons (Fsp3) is 0.667. The largest absolute Gasteiger partial charge is 0.316 e. The van der Waals surface area contributed by atoms with Crippen LogP contribution < -0.4 is 5.32 Å². The van der Waals surface area contributed by atoms with Crippen molar-refractivity contribution >= 4 is 0 Å². The van der Waals surface area contributed by atoms with Crippen LogP contribution in [0.2, 0.25) is 0 Å². The van der Waals surface area contributed by atoms with Gasteiger partial charge in [-0.1, -0.05) is 26.0 Å². The summed E-state index contributed by atoms with van der Waals surface area (Å²) in [4.78, 5) is 0. The molecular formula is C18H26FN. The van der Waals surface area contributed by atoms with Gasteiger partial charge in [0.15, 0.2) is 0 Å². The molecule has 0 amide bonds. The smallest absolute Gasteiger partial charge is 0.123 e. The van der Waals surface area contributed by atoms with E-state index in [0.717, 1.165) is 36.9 Å². The lowest BCUT2D eigenvalue weighted by molar-refractivity contribution is 0.245. The summed E-state index contributed by atoms with van der Waals surface area (Å²) in [6.07, 6.45) is 5.14. The normalized spacial score (nSPS) is 31.6. The molecule has 2 unspecified atom stereocenters. The van der Waals surface area contributed by atoms with E-state index in [2.05, 4.69) is 25.2 Å². The van der Waals surface area contributed by atoms with E-state index in [1.807, 2.05) is 6.07 Å². The molecular weight excluding hydrogens is 249 g/mol. The van der Waals surface area contributed by atoms with Gasteiger partial charge in [0.25, 0.3) is 0 Å². The summed E-state index contributed by atoms with van der Waals surface area (Å²) in [5, 5.41) is 3.65. The summed E-state index contributed by atoms with van der Waals surface area (Å²) >= 11 is 0. The second-order valence-corrected chi connectivity index (χ2v) is 7.50.